The van der Waals surface area contributed by atoms with Crippen molar-refractivity contribution in [2.24, 2.45) is 5.73 Å². The van der Waals surface area contributed by atoms with E-state index in [0.29, 0.717) is 24.7 Å². The summed E-state index contributed by atoms with van der Waals surface area (Å²) in [4.78, 5) is 38.4. The zero-order chi connectivity index (χ0) is 28.2. The lowest BCUT2D eigenvalue weighted by Gasteiger charge is -2.25. The average molecular weight is 551 g/mol. The first kappa shape index (κ1) is 28.5. The maximum Gasteiger partial charge on any atom is 0.324 e. The summed E-state index contributed by atoms with van der Waals surface area (Å²) in [6, 6.07) is 11.3. The van der Waals surface area contributed by atoms with E-state index in [0.717, 1.165) is 52.5 Å². The van der Waals surface area contributed by atoms with E-state index in [4.69, 9.17) is 15.5 Å². The number of nitrogens with one attached hydrogen (secondary N) is 1. The van der Waals surface area contributed by atoms with Gasteiger partial charge in [-0.05, 0) is 75.7 Å². The molecule has 2 aromatic heterocycles. The highest BCUT2D eigenvalue weighted by molar-refractivity contribution is 7.19. The molecule has 3 N–H and O–H groups in total. The molecule has 1 aromatic carbocycles. The Morgan fingerprint density at radius 2 is 1.97 bits per heavy atom. The molecule has 1 fully saturated rings. The van der Waals surface area contributed by atoms with Crippen LogP contribution < -0.4 is 15.8 Å². The second-order valence-corrected chi connectivity index (χ2v) is 11.7. The van der Waals surface area contributed by atoms with Gasteiger partial charge in [0.05, 0.1) is 22.9 Å². The number of urea groups is 1. The average Bonchev–Trinajstić information content (AvgIpc) is 3.54. The largest absolute Gasteiger partial charge is 0.494 e. The standard InChI is InChI=1S/C29H38N6O3S/c1-19-25(39-27(32-19)33-28(37)35-16-6-8-23(35)26(30)36)20-13-14-31-24(18-20)29(2,3)21-9-11-22(12-10-21)38-17-7-15-34(4)5/h9-14,18,23H,6-8,15-17H2,1-5H3,(H2,30,36)(H,32,33,37). The predicted octanol–water partition coefficient (Wildman–Crippen LogP) is 4.65. The van der Waals surface area contributed by atoms with E-state index in [1.54, 1.807) is 0 Å². The second kappa shape index (κ2) is 12.1. The normalized spacial score (nSPS) is 15.5. The molecule has 1 atom stereocenters. The van der Waals surface area contributed by atoms with E-state index in [1.165, 1.54) is 16.2 Å². The summed E-state index contributed by atoms with van der Waals surface area (Å²) in [7, 11) is 4.12. The number of thiazole rings is 1. The summed E-state index contributed by atoms with van der Waals surface area (Å²) in [5.41, 5.74) is 9.00. The van der Waals surface area contributed by atoms with Gasteiger partial charge in [0.1, 0.15) is 11.8 Å². The number of hydrogen-bond acceptors (Lipinski definition) is 7. The minimum atomic E-state index is -0.570. The van der Waals surface area contributed by atoms with Crippen molar-refractivity contribution in [2.75, 3.05) is 39.1 Å². The molecule has 1 unspecified atom stereocenters. The number of ether oxygens (including phenoxy) is 1. The summed E-state index contributed by atoms with van der Waals surface area (Å²) in [6.45, 7) is 8.42. The van der Waals surface area contributed by atoms with Crippen molar-refractivity contribution in [3.05, 3.63) is 59.5 Å². The van der Waals surface area contributed by atoms with Crippen LogP contribution in [0.3, 0.4) is 0 Å². The third-order valence-corrected chi connectivity index (χ3v) is 8.23. The second-order valence-electron chi connectivity index (χ2n) is 10.7. The molecule has 0 saturated carbocycles. The van der Waals surface area contributed by atoms with Gasteiger partial charge in [0, 0.05) is 24.7 Å². The number of hydrogen-bond donors (Lipinski definition) is 2. The van der Waals surface area contributed by atoms with Crippen LogP contribution in [0.5, 0.6) is 5.75 Å². The number of amides is 3. The van der Waals surface area contributed by atoms with Crippen LogP contribution in [-0.4, -0.2) is 71.5 Å². The molecule has 1 saturated heterocycles. The van der Waals surface area contributed by atoms with Gasteiger partial charge in [0.2, 0.25) is 5.91 Å². The third-order valence-electron chi connectivity index (χ3n) is 7.11. The highest BCUT2D eigenvalue weighted by atomic mass is 32.1. The van der Waals surface area contributed by atoms with Crippen molar-refractivity contribution >= 4 is 28.4 Å². The van der Waals surface area contributed by atoms with Gasteiger partial charge < -0.3 is 20.3 Å². The lowest BCUT2D eigenvalue weighted by molar-refractivity contribution is -0.121. The number of rotatable bonds is 10. The number of primary amides is 1. The van der Waals surface area contributed by atoms with E-state index in [1.807, 2.05) is 31.3 Å². The number of nitrogens with zero attached hydrogens (tertiary/aromatic N) is 4. The molecule has 10 heteroatoms. The minimum absolute atomic E-state index is 0.339. The molecule has 0 radical (unpaired) electrons. The van der Waals surface area contributed by atoms with E-state index < -0.39 is 11.9 Å². The molecule has 208 valence electrons. The number of likely N-dealkylation sites (tertiary alicyclic amines) is 1. The molecule has 0 bridgehead atoms. The van der Waals surface area contributed by atoms with Gasteiger partial charge in [-0.3, -0.25) is 15.1 Å². The molecule has 4 rings (SSSR count). The molecule has 39 heavy (non-hydrogen) atoms. The minimum Gasteiger partial charge on any atom is -0.494 e. The first-order chi connectivity index (χ1) is 18.6. The number of aryl methyl sites for hydroxylation is 1. The lowest BCUT2D eigenvalue weighted by atomic mass is 9.80. The Kier molecular flexibility index (Phi) is 8.87. The molecular formula is C29H38N6O3S. The highest BCUT2D eigenvalue weighted by Gasteiger charge is 2.33. The Morgan fingerprint density at radius 1 is 1.23 bits per heavy atom. The zero-order valence-electron chi connectivity index (χ0n) is 23.4. The first-order valence-corrected chi connectivity index (χ1v) is 14.1. The molecular weight excluding hydrogens is 512 g/mol. The Balaban J connectivity index is 1.47. The molecule has 3 heterocycles. The van der Waals surface area contributed by atoms with Gasteiger partial charge >= 0.3 is 6.03 Å². The topological polar surface area (TPSA) is 114 Å². The molecule has 9 nitrogen and oxygen atoms in total. The summed E-state index contributed by atoms with van der Waals surface area (Å²) < 4.78 is 5.90. The Hall–Kier alpha value is -3.50. The number of benzene rings is 1. The number of pyridine rings is 1. The van der Waals surface area contributed by atoms with Crippen molar-refractivity contribution in [3.8, 4) is 16.2 Å². The fraction of sp³-hybridized carbons (Fsp3) is 0.448. The maximum atomic E-state index is 12.8. The third kappa shape index (κ3) is 6.75. The fourth-order valence-corrected chi connectivity index (χ4v) is 5.74. The van der Waals surface area contributed by atoms with E-state index in [9.17, 15) is 9.59 Å². The van der Waals surface area contributed by atoms with Crippen molar-refractivity contribution in [1.82, 2.24) is 19.8 Å². The van der Waals surface area contributed by atoms with Crippen molar-refractivity contribution < 1.29 is 14.3 Å². The number of aromatic nitrogens is 2. The molecule has 1 aliphatic heterocycles. The van der Waals surface area contributed by atoms with Crippen LogP contribution in [0, 0.1) is 6.92 Å². The number of nitrogens with two attached hydrogens (primary N) is 1. The quantitative estimate of drug-likeness (QED) is 0.355. The summed E-state index contributed by atoms with van der Waals surface area (Å²) in [6.07, 6.45) is 4.14. The van der Waals surface area contributed by atoms with Crippen LogP contribution >= 0.6 is 11.3 Å². The van der Waals surface area contributed by atoms with Gasteiger partial charge in [-0.15, -0.1) is 0 Å². The monoisotopic (exact) mass is 550 g/mol. The van der Waals surface area contributed by atoms with E-state index in [2.05, 4.69) is 61.3 Å². The van der Waals surface area contributed by atoms with Crippen molar-refractivity contribution in [3.63, 3.8) is 0 Å². The lowest BCUT2D eigenvalue weighted by Crippen LogP contribution is -2.45. The maximum absolute atomic E-state index is 12.8. The fourth-order valence-electron chi connectivity index (χ4n) is 4.79. The molecule has 0 spiro atoms. The smallest absolute Gasteiger partial charge is 0.324 e. The molecule has 1 aliphatic rings. The first-order valence-electron chi connectivity index (χ1n) is 13.3. The van der Waals surface area contributed by atoms with Gasteiger partial charge in [0.25, 0.3) is 0 Å². The van der Waals surface area contributed by atoms with Crippen LogP contribution in [0.25, 0.3) is 10.4 Å². The van der Waals surface area contributed by atoms with Gasteiger partial charge in [-0.25, -0.2) is 9.78 Å². The van der Waals surface area contributed by atoms with E-state index in [-0.39, 0.29) is 11.4 Å². The van der Waals surface area contributed by atoms with Crippen molar-refractivity contribution in [1.29, 1.82) is 0 Å². The van der Waals surface area contributed by atoms with Crippen molar-refractivity contribution in [2.45, 2.75) is 51.5 Å². The number of carbonyl (C=O) groups is 2. The van der Waals surface area contributed by atoms with Gasteiger partial charge in [0.15, 0.2) is 5.13 Å². The molecule has 3 aromatic rings. The van der Waals surface area contributed by atoms with E-state index >= 15 is 0 Å². The highest BCUT2D eigenvalue weighted by Crippen LogP contribution is 2.37. The SMILES string of the molecule is Cc1nc(NC(=O)N2CCCC2C(N)=O)sc1-c1ccnc(C(C)(C)c2ccc(OCCCN(C)C)cc2)c1. The van der Waals surface area contributed by atoms with Gasteiger partial charge in [-0.1, -0.05) is 37.3 Å². The van der Waals surface area contributed by atoms with Crippen LogP contribution in [0.1, 0.15) is 50.1 Å². The predicted molar refractivity (Wildman–Crippen MR) is 155 cm³/mol. The number of carbonyl (C=O) groups excluding carboxylic acids is 2. The number of anilines is 1. The van der Waals surface area contributed by atoms with Crippen LogP contribution in [0.4, 0.5) is 9.93 Å². The van der Waals surface area contributed by atoms with Gasteiger partial charge in [-0.2, -0.15) is 0 Å². The summed E-state index contributed by atoms with van der Waals surface area (Å²) in [5.74, 6) is 0.383. The Morgan fingerprint density at radius 3 is 2.67 bits per heavy atom. The Bertz CT molecular complexity index is 1300. The zero-order valence-corrected chi connectivity index (χ0v) is 24.2. The molecule has 0 aliphatic carbocycles. The summed E-state index contributed by atoms with van der Waals surface area (Å²) >= 11 is 1.40. The van der Waals surface area contributed by atoms with Crippen LogP contribution in [0.2, 0.25) is 0 Å². The summed E-state index contributed by atoms with van der Waals surface area (Å²) in [5, 5.41) is 3.34. The van der Waals surface area contributed by atoms with Crippen LogP contribution in [-0.2, 0) is 10.2 Å². The Labute approximate surface area is 234 Å². The molecule has 3 amide bonds. The van der Waals surface area contributed by atoms with Crippen LogP contribution in [0.15, 0.2) is 42.6 Å².